The lowest BCUT2D eigenvalue weighted by molar-refractivity contribution is 0.103. The standard InChI is InChI=1S/C15H12BrClO/c1-2-10-4-3-5-11(6-10)15(18)12-7-13(16)9-14(17)8-12/h3-9H,2H2,1H3. The minimum Gasteiger partial charge on any atom is -0.289 e. The Morgan fingerprint density at radius 2 is 1.94 bits per heavy atom. The number of ketones is 1. The summed E-state index contributed by atoms with van der Waals surface area (Å²) in [6.45, 7) is 2.07. The molecular formula is C15H12BrClO. The van der Waals surface area contributed by atoms with Gasteiger partial charge >= 0.3 is 0 Å². The molecule has 0 radical (unpaired) electrons. The number of carbonyl (C=O) groups is 1. The van der Waals surface area contributed by atoms with E-state index in [1.807, 2.05) is 24.3 Å². The predicted octanol–water partition coefficient (Wildman–Crippen LogP) is 4.90. The van der Waals surface area contributed by atoms with Crippen molar-refractivity contribution in [2.45, 2.75) is 13.3 Å². The molecule has 18 heavy (non-hydrogen) atoms. The zero-order chi connectivity index (χ0) is 13.1. The van der Waals surface area contributed by atoms with Crippen LogP contribution in [0.1, 0.15) is 28.4 Å². The predicted molar refractivity (Wildman–Crippen MR) is 78.4 cm³/mol. The van der Waals surface area contributed by atoms with Crippen LogP contribution in [0.3, 0.4) is 0 Å². The third-order valence-corrected chi connectivity index (χ3v) is 3.40. The molecule has 2 aromatic carbocycles. The van der Waals surface area contributed by atoms with E-state index in [0.29, 0.717) is 16.1 Å². The van der Waals surface area contributed by atoms with Gasteiger partial charge in [0.25, 0.3) is 0 Å². The summed E-state index contributed by atoms with van der Waals surface area (Å²) in [4.78, 5) is 12.3. The van der Waals surface area contributed by atoms with Crippen molar-refractivity contribution in [3.63, 3.8) is 0 Å². The zero-order valence-corrected chi connectivity index (χ0v) is 12.3. The summed E-state index contributed by atoms with van der Waals surface area (Å²) in [5.41, 5.74) is 2.45. The van der Waals surface area contributed by atoms with Gasteiger partial charge in [0.15, 0.2) is 5.78 Å². The SMILES string of the molecule is CCc1cccc(C(=O)c2cc(Cl)cc(Br)c2)c1. The monoisotopic (exact) mass is 322 g/mol. The summed E-state index contributed by atoms with van der Waals surface area (Å²) in [7, 11) is 0. The maximum Gasteiger partial charge on any atom is 0.193 e. The number of rotatable bonds is 3. The first kappa shape index (κ1) is 13.3. The Morgan fingerprint density at radius 1 is 1.17 bits per heavy atom. The number of hydrogen-bond donors (Lipinski definition) is 0. The van der Waals surface area contributed by atoms with Gasteiger partial charge in [0, 0.05) is 20.6 Å². The van der Waals surface area contributed by atoms with Crippen molar-refractivity contribution in [3.05, 3.63) is 68.7 Å². The minimum absolute atomic E-state index is 0.00602. The summed E-state index contributed by atoms with van der Waals surface area (Å²) in [5.74, 6) is -0.00602. The third kappa shape index (κ3) is 3.01. The molecule has 1 nitrogen and oxygen atoms in total. The highest BCUT2D eigenvalue weighted by atomic mass is 79.9. The molecule has 0 unspecified atom stereocenters. The quantitative estimate of drug-likeness (QED) is 0.735. The van der Waals surface area contributed by atoms with Gasteiger partial charge in [-0.15, -0.1) is 0 Å². The van der Waals surface area contributed by atoms with Gasteiger partial charge < -0.3 is 0 Å². The fourth-order valence-electron chi connectivity index (χ4n) is 1.78. The summed E-state index contributed by atoms with van der Waals surface area (Å²) < 4.78 is 0.810. The molecule has 2 rings (SSSR count). The van der Waals surface area contributed by atoms with Crippen molar-refractivity contribution in [1.29, 1.82) is 0 Å². The van der Waals surface area contributed by atoms with Crippen molar-refractivity contribution in [3.8, 4) is 0 Å². The van der Waals surface area contributed by atoms with Crippen LogP contribution in [0.2, 0.25) is 5.02 Å². The average Bonchev–Trinajstić information content (AvgIpc) is 2.37. The largest absolute Gasteiger partial charge is 0.289 e. The van der Waals surface area contributed by atoms with E-state index in [1.165, 1.54) is 0 Å². The zero-order valence-electron chi connectivity index (χ0n) is 9.91. The maximum absolute atomic E-state index is 12.3. The van der Waals surface area contributed by atoms with Crippen LogP contribution in [-0.4, -0.2) is 5.78 Å². The molecule has 0 fully saturated rings. The van der Waals surface area contributed by atoms with Crippen LogP contribution in [0.25, 0.3) is 0 Å². The molecule has 92 valence electrons. The molecule has 0 aliphatic carbocycles. The normalized spacial score (nSPS) is 10.4. The highest BCUT2D eigenvalue weighted by Gasteiger charge is 2.10. The molecule has 0 bridgehead atoms. The molecule has 0 amide bonds. The molecule has 0 saturated carbocycles. The smallest absolute Gasteiger partial charge is 0.193 e. The molecule has 0 aromatic heterocycles. The van der Waals surface area contributed by atoms with E-state index >= 15 is 0 Å². The first-order chi connectivity index (χ1) is 8.60. The first-order valence-electron chi connectivity index (χ1n) is 5.70. The summed E-state index contributed by atoms with van der Waals surface area (Å²) in [5, 5.41) is 0.555. The fourth-order valence-corrected chi connectivity index (χ4v) is 2.64. The van der Waals surface area contributed by atoms with E-state index < -0.39 is 0 Å². The van der Waals surface area contributed by atoms with Gasteiger partial charge in [-0.05, 0) is 36.2 Å². The second-order valence-electron chi connectivity index (χ2n) is 4.04. The van der Waals surface area contributed by atoms with Crippen molar-refractivity contribution < 1.29 is 4.79 Å². The van der Waals surface area contributed by atoms with Gasteiger partial charge in [0.1, 0.15) is 0 Å². The number of carbonyl (C=O) groups excluding carboxylic acids is 1. The molecule has 3 heteroatoms. The molecule has 0 atom stereocenters. The summed E-state index contributed by atoms with van der Waals surface area (Å²) >= 11 is 9.30. The lowest BCUT2D eigenvalue weighted by Gasteiger charge is -2.05. The van der Waals surface area contributed by atoms with Crippen molar-refractivity contribution in [2.75, 3.05) is 0 Å². The van der Waals surface area contributed by atoms with Gasteiger partial charge in [0.05, 0.1) is 0 Å². The highest BCUT2D eigenvalue weighted by molar-refractivity contribution is 9.10. The van der Waals surface area contributed by atoms with E-state index in [4.69, 9.17) is 11.6 Å². The third-order valence-electron chi connectivity index (χ3n) is 2.72. The van der Waals surface area contributed by atoms with Crippen LogP contribution in [0.4, 0.5) is 0 Å². The van der Waals surface area contributed by atoms with E-state index in [-0.39, 0.29) is 5.78 Å². The van der Waals surface area contributed by atoms with E-state index in [9.17, 15) is 4.79 Å². The Morgan fingerprint density at radius 3 is 2.61 bits per heavy atom. The Hall–Kier alpha value is -1.12. The molecular weight excluding hydrogens is 312 g/mol. The lowest BCUT2D eigenvalue weighted by Crippen LogP contribution is -2.02. The van der Waals surface area contributed by atoms with Gasteiger partial charge in [-0.2, -0.15) is 0 Å². The molecule has 0 N–H and O–H groups in total. The fraction of sp³-hybridized carbons (Fsp3) is 0.133. The second-order valence-corrected chi connectivity index (χ2v) is 5.39. The van der Waals surface area contributed by atoms with Gasteiger partial charge in [-0.25, -0.2) is 0 Å². The van der Waals surface area contributed by atoms with Crippen LogP contribution < -0.4 is 0 Å². The van der Waals surface area contributed by atoms with Gasteiger partial charge in [-0.1, -0.05) is 52.7 Å². The molecule has 2 aromatic rings. The van der Waals surface area contributed by atoms with Gasteiger partial charge in [0.2, 0.25) is 0 Å². The van der Waals surface area contributed by atoms with Crippen molar-refractivity contribution in [2.24, 2.45) is 0 Å². The van der Waals surface area contributed by atoms with Crippen LogP contribution in [0, 0.1) is 0 Å². The van der Waals surface area contributed by atoms with E-state index in [1.54, 1.807) is 18.2 Å². The Kier molecular flexibility index (Phi) is 4.20. The van der Waals surface area contributed by atoms with Crippen LogP contribution in [0.5, 0.6) is 0 Å². The number of halogens is 2. The minimum atomic E-state index is -0.00602. The van der Waals surface area contributed by atoms with Crippen molar-refractivity contribution >= 4 is 33.3 Å². The Balaban J connectivity index is 2.41. The summed E-state index contributed by atoms with van der Waals surface area (Å²) in [6.07, 6.45) is 0.917. The molecule has 0 aliphatic heterocycles. The average molecular weight is 324 g/mol. The molecule has 0 spiro atoms. The van der Waals surface area contributed by atoms with Crippen LogP contribution in [0.15, 0.2) is 46.9 Å². The second kappa shape index (κ2) is 5.68. The topological polar surface area (TPSA) is 17.1 Å². The van der Waals surface area contributed by atoms with Crippen molar-refractivity contribution in [1.82, 2.24) is 0 Å². The lowest BCUT2D eigenvalue weighted by atomic mass is 10.0. The van der Waals surface area contributed by atoms with E-state index in [0.717, 1.165) is 16.5 Å². The van der Waals surface area contributed by atoms with Gasteiger partial charge in [-0.3, -0.25) is 4.79 Å². The maximum atomic E-state index is 12.3. The van der Waals surface area contributed by atoms with Crippen LogP contribution >= 0.6 is 27.5 Å². The van der Waals surface area contributed by atoms with Crippen LogP contribution in [-0.2, 0) is 6.42 Å². The number of hydrogen-bond acceptors (Lipinski definition) is 1. The number of benzene rings is 2. The summed E-state index contributed by atoms with van der Waals surface area (Å²) in [6, 6.07) is 12.9. The van der Waals surface area contributed by atoms with E-state index in [2.05, 4.69) is 22.9 Å². The molecule has 0 heterocycles. The Labute approximate surface area is 120 Å². The first-order valence-corrected chi connectivity index (χ1v) is 6.87. The highest BCUT2D eigenvalue weighted by Crippen LogP contribution is 2.22. The molecule has 0 aliphatic rings. The number of aryl methyl sites for hydroxylation is 1. The Bertz CT molecular complexity index is 573. The molecule has 0 saturated heterocycles.